The first-order chi connectivity index (χ1) is 21.1. The van der Waals surface area contributed by atoms with Crippen LogP contribution in [-0.4, -0.2) is 78.9 Å². The van der Waals surface area contributed by atoms with Gasteiger partial charge in [0.25, 0.3) is 5.67 Å². The van der Waals surface area contributed by atoms with Crippen molar-refractivity contribution in [2.75, 3.05) is 13.2 Å². The number of rotatable bonds is 5. The molecule has 2 aromatic rings. The number of alkyl halides is 1. The predicted octanol–water partition coefficient (Wildman–Crippen LogP) is 5.12. The van der Waals surface area contributed by atoms with Gasteiger partial charge < -0.3 is 24.8 Å². The topological polar surface area (TPSA) is 116 Å². The molecule has 11 heteroatoms. The Morgan fingerprint density at radius 1 is 1.16 bits per heavy atom. The number of halogens is 1. The molecule has 2 fully saturated rings. The number of carbonyl (C=O) groups is 3. The Kier molecular flexibility index (Phi) is 10.4. The molecule has 2 radical (unpaired) electrons. The Hall–Kier alpha value is -3.31. The van der Waals surface area contributed by atoms with Gasteiger partial charge in [-0.3, -0.25) is 9.78 Å². The average molecular weight is 622 g/mol. The SMILES string of the molecule is [B][C@@H]1[C@@H](C)C(=O)[C@](C)(F)C(=O)O[C@H](CC)[C@@]2(C)OC(=O)N[C@@H]2[C@@H](C)NC[C@H](C)C[C@@]1(C)OC/C=C/c1cnc2ccccc2c1. The zero-order chi connectivity index (χ0) is 33.2. The third-order valence-electron chi connectivity index (χ3n) is 9.44. The number of aromatic nitrogens is 1. The predicted molar refractivity (Wildman–Crippen MR) is 172 cm³/mol. The van der Waals surface area contributed by atoms with Crippen LogP contribution in [0.1, 0.15) is 66.9 Å². The zero-order valence-corrected chi connectivity index (χ0v) is 27.3. The molecule has 0 unspecified atom stereocenters. The summed E-state index contributed by atoms with van der Waals surface area (Å²) in [5, 5.41) is 7.31. The van der Waals surface area contributed by atoms with Gasteiger partial charge in [-0.25, -0.2) is 14.0 Å². The van der Waals surface area contributed by atoms with Crippen molar-refractivity contribution in [2.45, 2.75) is 102 Å². The standard InChI is InChI=1S/C34H45BFN3O6/c1-8-26-34(7)28(39-31(42)45-34)22(4)37-18-20(2)17-32(5,27(35)21(3)29(40)33(6,36)30(41)44-26)43-15-11-12-23-16-24-13-9-10-14-25(24)38-19-23/h9-14,16,19-22,26-28,37H,8,15,17-18H2,1-7H3,(H,39,42)/b12-11+/t20-,21-,22-,26-,27-,28-,32-,33+,34-/m1/s1. The molecule has 242 valence electrons. The van der Waals surface area contributed by atoms with E-state index in [1.54, 1.807) is 20.0 Å². The lowest BCUT2D eigenvalue weighted by Gasteiger charge is -2.41. The maximum Gasteiger partial charge on any atom is 0.408 e. The molecule has 2 aliphatic heterocycles. The minimum Gasteiger partial charge on any atom is -0.455 e. The van der Waals surface area contributed by atoms with E-state index in [0.717, 1.165) is 23.4 Å². The second-order valence-electron chi connectivity index (χ2n) is 13.2. The summed E-state index contributed by atoms with van der Waals surface area (Å²) in [6, 6.07) is 8.96. The molecule has 2 N–H and O–H groups in total. The number of amides is 1. The first kappa shape index (κ1) is 34.6. The van der Waals surface area contributed by atoms with Crippen LogP contribution in [0.25, 0.3) is 17.0 Å². The van der Waals surface area contributed by atoms with Crippen LogP contribution in [0, 0.1) is 11.8 Å². The fraction of sp³-hybridized carbons (Fsp3) is 0.588. The van der Waals surface area contributed by atoms with Crippen molar-refractivity contribution in [3.8, 4) is 0 Å². The lowest BCUT2D eigenvalue weighted by molar-refractivity contribution is -0.179. The van der Waals surface area contributed by atoms with E-state index >= 15 is 4.39 Å². The Morgan fingerprint density at radius 3 is 2.58 bits per heavy atom. The van der Waals surface area contributed by atoms with Crippen LogP contribution in [0.4, 0.5) is 9.18 Å². The Morgan fingerprint density at radius 2 is 1.87 bits per heavy atom. The smallest absolute Gasteiger partial charge is 0.408 e. The maximum atomic E-state index is 16.1. The Labute approximate surface area is 266 Å². The Bertz CT molecular complexity index is 1440. The van der Waals surface area contributed by atoms with Gasteiger partial charge >= 0.3 is 12.1 Å². The van der Waals surface area contributed by atoms with Crippen LogP contribution < -0.4 is 10.6 Å². The number of alkyl carbamates (subject to hydrolysis) is 1. The van der Waals surface area contributed by atoms with Crippen molar-refractivity contribution in [3.05, 3.63) is 48.2 Å². The van der Waals surface area contributed by atoms with Crippen LogP contribution in [-0.2, 0) is 23.8 Å². The van der Waals surface area contributed by atoms with Crippen LogP contribution >= 0.6 is 0 Å². The highest BCUT2D eigenvalue weighted by Crippen LogP contribution is 2.40. The highest BCUT2D eigenvalue weighted by atomic mass is 19.1. The van der Waals surface area contributed by atoms with Crippen molar-refractivity contribution in [2.24, 2.45) is 11.8 Å². The van der Waals surface area contributed by atoms with Crippen molar-refractivity contribution >= 4 is 42.7 Å². The fourth-order valence-electron chi connectivity index (χ4n) is 6.68. The number of hydrogen-bond acceptors (Lipinski definition) is 8. The molecule has 0 spiro atoms. The number of cyclic esters (lactones) is 1. The summed E-state index contributed by atoms with van der Waals surface area (Å²) in [6.07, 6.45) is 4.51. The number of hydrogen-bond donors (Lipinski definition) is 2. The second-order valence-corrected chi connectivity index (χ2v) is 13.2. The summed E-state index contributed by atoms with van der Waals surface area (Å²) in [4.78, 5) is 43.7. The van der Waals surface area contributed by atoms with Gasteiger partial charge in [-0.2, -0.15) is 0 Å². The van der Waals surface area contributed by atoms with Gasteiger partial charge in [-0.1, -0.05) is 51.1 Å². The number of pyridine rings is 1. The van der Waals surface area contributed by atoms with Crippen molar-refractivity contribution < 1.29 is 33.0 Å². The summed E-state index contributed by atoms with van der Waals surface area (Å²) in [5.41, 5.74) is -3.57. The maximum absolute atomic E-state index is 16.1. The molecule has 0 bridgehead atoms. The highest BCUT2D eigenvalue weighted by molar-refractivity contribution is 6.17. The van der Waals surface area contributed by atoms with Crippen LogP contribution in [0.5, 0.6) is 0 Å². The van der Waals surface area contributed by atoms with Gasteiger partial charge in [-0.15, -0.1) is 0 Å². The number of benzene rings is 1. The first-order valence-corrected chi connectivity index (χ1v) is 15.7. The minimum absolute atomic E-state index is 0.00880. The lowest BCUT2D eigenvalue weighted by atomic mass is 9.62. The van der Waals surface area contributed by atoms with E-state index in [4.69, 9.17) is 22.1 Å². The summed E-state index contributed by atoms with van der Waals surface area (Å²) >= 11 is 0. The summed E-state index contributed by atoms with van der Waals surface area (Å²) < 4.78 is 33.8. The largest absolute Gasteiger partial charge is 0.455 e. The summed E-state index contributed by atoms with van der Waals surface area (Å²) in [6.45, 7) is 12.2. The van der Waals surface area contributed by atoms with E-state index in [-0.39, 0.29) is 25.0 Å². The molecular formula is C34H45BFN3O6. The number of nitrogens with zero attached hydrogens (tertiary/aromatic N) is 1. The minimum atomic E-state index is -2.99. The molecule has 9 atom stereocenters. The van der Waals surface area contributed by atoms with Gasteiger partial charge in [0.1, 0.15) is 6.10 Å². The number of Topliss-reactive ketones (excluding diaryl/α,β-unsaturated/α-hetero) is 1. The summed E-state index contributed by atoms with van der Waals surface area (Å²) in [7, 11) is 6.72. The molecule has 2 saturated heterocycles. The normalized spacial score (nSPS) is 36.9. The number of esters is 1. The molecule has 1 aromatic heterocycles. The van der Waals surface area contributed by atoms with Crippen molar-refractivity contribution in [3.63, 3.8) is 0 Å². The number of ether oxygens (including phenoxy) is 3. The number of para-hydroxylation sites is 1. The monoisotopic (exact) mass is 621 g/mol. The van der Waals surface area contributed by atoms with Gasteiger partial charge in [0, 0.05) is 23.5 Å². The number of fused-ring (bicyclic) bond motifs is 2. The quantitative estimate of drug-likeness (QED) is 0.269. The van der Waals surface area contributed by atoms with E-state index in [1.807, 2.05) is 63.3 Å². The Balaban J connectivity index is 1.61. The molecule has 3 heterocycles. The van der Waals surface area contributed by atoms with E-state index < -0.39 is 58.6 Å². The molecular weight excluding hydrogens is 576 g/mol. The number of ketones is 1. The molecule has 0 saturated carbocycles. The molecule has 45 heavy (non-hydrogen) atoms. The van der Waals surface area contributed by atoms with Gasteiger partial charge in [0.15, 0.2) is 11.4 Å². The third-order valence-corrected chi connectivity index (χ3v) is 9.44. The number of carbonyl (C=O) groups excluding carboxylic acids is 3. The van der Waals surface area contributed by atoms with E-state index in [1.165, 1.54) is 6.92 Å². The average Bonchev–Trinajstić information content (AvgIpc) is 3.33. The van der Waals surface area contributed by atoms with Crippen molar-refractivity contribution in [1.82, 2.24) is 15.6 Å². The van der Waals surface area contributed by atoms with Crippen molar-refractivity contribution in [1.29, 1.82) is 0 Å². The molecule has 1 amide bonds. The summed E-state index contributed by atoms with van der Waals surface area (Å²) in [5.74, 6) is -4.40. The van der Waals surface area contributed by atoms with Crippen LogP contribution in [0.3, 0.4) is 0 Å². The van der Waals surface area contributed by atoms with Crippen LogP contribution in [0.2, 0.25) is 5.82 Å². The molecule has 1 aromatic carbocycles. The second kappa shape index (κ2) is 13.6. The van der Waals surface area contributed by atoms with Gasteiger partial charge in [0.05, 0.1) is 31.6 Å². The zero-order valence-electron chi connectivity index (χ0n) is 27.3. The molecule has 2 aliphatic rings. The number of nitrogens with one attached hydrogen (secondary N) is 2. The third kappa shape index (κ3) is 7.25. The molecule has 9 nitrogen and oxygen atoms in total. The van der Waals surface area contributed by atoms with Crippen LogP contribution in [0.15, 0.2) is 42.6 Å². The molecule has 0 aliphatic carbocycles. The lowest BCUT2D eigenvalue weighted by Crippen LogP contribution is -2.60. The molecule has 4 rings (SSSR count). The van der Waals surface area contributed by atoms with Gasteiger partial charge in [0.2, 0.25) is 0 Å². The van der Waals surface area contributed by atoms with E-state index in [2.05, 4.69) is 15.6 Å². The van der Waals surface area contributed by atoms with E-state index in [0.29, 0.717) is 13.0 Å². The highest BCUT2D eigenvalue weighted by Gasteiger charge is 2.56. The fourth-order valence-corrected chi connectivity index (χ4v) is 6.68. The van der Waals surface area contributed by atoms with E-state index in [9.17, 15) is 14.4 Å². The van der Waals surface area contributed by atoms with Gasteiger partial charge in [-0.05, 0) is 76.5 Å². The first-order valence-electron chi connectivity index (χ1n) is 15.7.